The Morgan fingerprint density at radius 1 is 1.11 bits per heavy atom. The lowest BCUT2D eigenvalue weighted by atomic mass is 9.90. The van der Waals surface area contributed by atoms with Crippen LogP contribution in [0.1, 0.15) is 51.4 Å². The molecule has 8 heteroatoms. The second kappa shape index (κ2) is 10.2. The Morgan fingerprint density at radius 3 is 2.42 bits per heavy atom. The molecule has 4 rings (SSSR count). The number of aryl methyl sites for hydroxylation is 2. The van der Waals surface area contributed by atoms with Crippen LogP contribution in [0.4, 0.5) is 18.9 Å². The minimum atomic E-state index is -4.54. The van der Waals surface area contributed by atoms with Gasteiger partial charge in [-0.05, 0) is 84.7 Å². The summed E-state index contributed by atoms with van der Waals surface area (Å²) in [5.74, 6) is -0.286. The van der Waals surface area contributed by atoms with Crippen molar-refractivity contribution in [1.82, 2.24) is 5.32 Å². The summed E-state index contributed by atoms with van der Waals surface area (Å²) in [5, 5.41) is 15.6. The Labute approximate surface area is 208 Å². The largest absolute Gasteiger partial charge is 0.508 e. The number of nitrogens with one attached hydrogen (secondary N) is 2. The predicted octanol–water partition coefficient (Wildman–Crippen LogP) is 5.16. The Bertz CT molecular complexity index is 1240. The molecule has 5 N–H and O–H groups in total. The third-order valence-electron chi connectivity index (χ3n) is 6.65. The van der Waals surface area contributed by atoms with Crippen LogP contribution in [0.5, 0.6) is 5.75 Å². The number of rotatable bonds is 6. The van der Waals surface area contributed by atoms with Crippen molar-refractivity contribution in [2.45, 2.75) is 51.4 Å². The van der Waals surface area contributed by atoms with Crippen molar-refractivity contribution < 1.29 is 23.1 Å². The Morgan fingerprint density at radius 2 is 1.78 bits per heavy atom. The predicted molar refractivity (Wildman–Crippen MR) is 134 cm³/mol. The van der Waals surface area contributed by atoms with Gasteiger partial charge in [0.25, 0.3) is 0 Å². The molecule has 1 aliphatic rings. The third-order valence-corrected chi connectivity index (χ3v) is 6.65. The molecule has 3 aromatic carbocycles. The molecule has 5 nitrogen and oxygen atoms in total. The normalized spacial score (nSPS) is 16.1. The number of alkyl halides is 3. The van der Waals surface area contributed by atoms with Gasteiger partial charge in [0, 0.05) is 6.54 Å². The molecule has 0 aromatic heterocycles. The minimum Gasteiger partial charge on any atom is -0.508 e. The number of hydrogen-bond acceptors (Lipinski definition) is 4. The highest BCUT2D eigenvalue weighted by molar-refractivity contribution is 5.83. The van der Waals surface area contributed by atoms with Crippen LogP contribution in [0.15, 0.2) is 54.6 Å². The lowest BCUT2D eigenvalue weighted by Gasteiger charge is -2.31. The van der Waals surface area contributed by atoms with Crippen molar-refractivity contribution in [1.29, 1.82) is 0 Å². The molecule has 3 aromatic rings. The van der Waals surface area contributed by atoms with Crippen LogP contribution >= 0.6 is 0 Å². The summed E-state index contributed by atoms with van der Waals surface area (Å²) in [4.78, 5) is 13.0. The topological polar surface area (TPSA) is 87.4 Å². The first kappa shape index (κ1) is 25.6. The Kier molecular flexibility index (Phi) is 7.26. The molecule has 0 saturated carbocycles. The monoisotopic (exact) mass is 497 g/mol. The van der Waals surface area contributed by atoms with E-state index in [1.807, 2.05) is 44.2 Å². The number of anilines is 1. The molecule has 0 radical (unpaired) electrons. The molecule has 0 bridgehead atoms. The van der Waals surface area contributed by atoms with E-state index in [-0.39, 0.29) is 17.9 Å². The van der Waals surface area contributed by atoms with E-state index in [9.17, 15) is 23.1 Å². The molecule has 1 heterocycles. The van der Waals surface area contributed by atoms with E-state index in [0.29, 0.717) is 30.5 Å². The van der Waals surface area contributed by atoms with Crippen LogP contribution < -0.4 is 16.4 Å². The van der Waals surface area contributed by atoms with Gasteiger partial charge < -0.3 is 21.5 Å². The zero-order valence-corrected chi connectivity index (χ0v) is 20.2. The average Bonchev–Trinajstić information content (AvgIpc) is 2.81. The number of phenols is 1. The molecule has 2 unspecified atom stereocenters. The molecule has 0 aliphatic carbocycles. The van der Waals surface area contributed by atoms with Crippen molar-refractivity contribution in [3.63, 3.8) is 0 Å². The number of fused-ring (bicyclic) bond motifs is 1. The number of amides is 1. The summed E-state index contributed by atoms with van der Waals surface area (Å²) >= 11 is 0. The van der Waals surface area contributed by atoms with E-state index in [1.165, 1.54) is 6.07 Å². The third kappa shape index (κ3) is 5.65. The van der Waals surface area contributed by atoms with Crippen LogP contribution in [0.25, 0.3) is 0 Å². The first-order valence-corrected chi connectivity index (χ1v) is 11.9. The quantitative estimate of drug-likeness (QED) is 0.379. The molecule has 190 valence electrons. The fourth-order valence-corrected chi connectivity index (χ4v) is 4.89. The lowest BCUT2D eigenvalue weighted by molar-refractivity contribution is -0.137. The van der Waals surface area contributed by atoms with E-state index in [4.69, 9.17) is 5.73 Å². The van der Waals surface area contributed by atoms with Gasteiger partial charge in [-0.3, -0.25) is 4.79 Å². The summed E-state index contributed by atoms with van der Waals surface area (Å²) in [6, 6.07) is 14.0. The standard InChI is InChI=1S/C28H30F3N3O2/c1-16-10-20(35)11-17(2)21(16)15-24(32)27(36)34-25-8-9-33-26-22(25)13-19(14-23(26)28(29,30)31)12-18-6-4-3-5-7-18/h3-7,10-11,13-14,24-25,33,35H,8-9,12,15,32H2,1-2H3,(H,34,36). The maximum Gasteiger partial charge on any atom is 0.418 e. The van der Waals surface area contributed by atoms with E-state index >= 15 is 0 Å². The molecule has 0 saturated heterocycles. The van der Waals surface area contributed by atoms with E-state index in [0.717, 1.165) is 22.3 Å². The van der Waals surface area contributed by atoms with Crippen LogP contribution in [0, 0.1) is 13.8 Å². The zero-order valence-electron chi connectivity index (χ0n) is 20.2. The van der Waals surface area contributed by atoms with E-state index in [1.54, 1.807) is 18.2 Å². The molecule has 1 aliphatic heterocycles. The van der Waals surface area contributed by atoms with Crippen molar-refractivity contribution in [2.24, 2.45) is 5.73 Å². The SMILES string of the molecule is Cc1cc(O)cc(C)c1CC(N)C(=O)NC1CCNc2c1cc(Cc1ccccc1)cc2C(F)(F)F. The molecule has 0 spiro atoms. The van der Waals surface area contributed by atoms with Crippen LogP contribution in [0.2, 0.25) is 0 Å². The number of carbonyl (C=O) groups excluding carboxylic acids is 1. The fourth-order valence-electron chi connectivity index (χ4n) is 4.89. The van der Waals surface area contributed by atoms with Crippen molar-refractivity contribution in [3.05, 3.63) is 93.5 Å². The van der Waals surface area contributed by atoms with Crippen molar-refractivity contribution >= 4 is 11.6 Å². The van der Waals surface area contributed by atoms with Gasteiger partial charge in [0.15, 0.2) is 0 Å². The van der Waals surface area contributed by atoms with E-state index < -0.39 is 29.7 Å². The van der Waals surface area contributed by atoms with Gasteiger partial charge in [-0.1, -0.05) is 36.4 Å². The summed E-state index contributed by atoms with van der Waals surface area (Å²) in [6.45, 7) is 3.97. The second-order valence-corrected chi connectivity index (χ2v) is 9.41. The van der Waals surface area contributed by atoms with Gasteiger partial charge in [-0.25, -0.2) is 0 Å². The molecule has 36 heavy (non-hydrogen) atoms. The zero-order chi connectivity index (χ0) is 26.0. The maximum atomic E-state index is 14.0. The summed E-state index contributed by atoms with van der Waals surface area (Å²) in [5.41, 5.74) is 9.85. The molecular formula is C28H30F3N3O2. The van der Waals surface area contributed by atoms with E-state index in [2.05, 4.69) is 10.6 Å². The fraction of sp³-hybridized carbons (Fsp3) is 0.321. The maximum absolute atomic E-state index is 14.0. The number of benzene rings is 3. The van der Waals surface area contributed by atoms with Gasteiger partial charge in [-0.2, -0.15) is 13.2 Å². The summed E-state index contributed by atoms with van der Waals surface area (Å²) < 4.78 is 42.0. The number of halogens is 3. The Hall–Kier alpha value is -3.52. The Balaban J connectivity index is 1.60. The van der Waals surface area contributed by atoms with Crippen LogP contribution in [-0.2, 0) is 23.8 Å². The number of nitrogens with two attached hydrogens (primary N) is 1. The number of phenolic OH excluding ortho intramolecular Hbond substituents is 1. The number of aromatic hydroxyl groups is 1. The first-order valence-electron chi connectivity index (χ1n) is 11.9. The summed E-state index contributed by atoms with van der Waals surface area (Å²) in [6.07, 6.45) is -3.50. The van der Waals surface area contributed by atoms with Crippen molar-refractivity contribution in [3.8, 4) is 5.75 Å². The molecule has 1 amide bonds. The first-order chi connectivity index (χ1) is 17.0. The smallest absolute Gasteiger partial charge is 0.418 e. The summed E-state index contributed by atoms with van der Waals surface area (Å²) in [7, 11) is 0. The highest BCUT2D eigenvalue weighted by atomic mass is 19.4. The molecule has 2 atom stereocenters. The molecular weight excluding hydrogens is 467 g/mol. The minimum absolute atomic E-state index is 0.00894. The highest BCUT2D eigenvalue weighted by Crippen LogP contribution is 2.42. The average molecular weight is 498 g/mol. The van der Waals surface area contributed by atoms with Gasteiger partial charge in [0.2, 0.25) is 5.91 Å². The number of carbonyl (C=O) groups is 1. The van der Waals surface area contributed by atoms with Crippen LogP contribution in [-0.4, -0.2) is 23.6 Å². The lowest BCUT2D eigenvalue weighted by Crippen LogP contribution is -2.45. The van der Waals surface area contributed by atoms with Gasteiger partial charge in [0.1, 0.15) is 5.75 Å². The highest BCUT2D eigenvalue weighted by Gasteiger charge is 2.37. The van der Waals surface area contributed by atoms with Gasteiger partial charge in [0.05, 0.1) is 23.3 Å². The van der Waals surface area contributed by atoms with Gasteiger partial charge >= 0.3 is 6.18 Å². The number of hydrogen-bond donors (Lipinski definition) is 4. The van der Waals surface area contributed by atoms with Crippen molar-refractivity contribution in [2.75, 3.05) is 11.9 Å². The second-order valence-electron chi connectivity index (χ2n) is 9.41. The molecule has 0 fully saturated rings. The van der Waals surface area contributed by atoms with Gasteiger partial charge in [-0.15, -0.1) is 0 Å². The van der Waals surface area contributed by atoms with Crippen LogP contribution in [0.3, 0.4) is 0 Å².